The van der Waals surface area contributed by atoms with Crippen molar-refractivity contribution in [3.05, 3.63) is 60.4 Å². The smallest absolute Gasteiger partial charge is 0.181 e. The van der Waals surface area contributed by atoms with Gasteiger partial charge in [-0.3, -0.25) is 9.78 Å². The van der Waals surface area contributed by atoms with Gasteiger partial charge in [-0.25, -0.2) is 4.98 Å². The van der Waals surface area contributed by atoms with Crippen LogP contribution in [0.15, 0.2) is 54.7 Å². The Kier molecular flexibility index (Phi) is 4.08. The molecule has 0 aliphatic heterocycles. The number of methoxy groups -OCH3 is 1. The molecule has 0 unspecified atom stereocenters. The van der Waals surface area contributed by atoms with E-state index >= 15 is 0 Å². The Morgan fingerprint density at radius 3 is 2.59 bits per heavy atom. The number of ether oxygens (including phenoxy) is 2. The zero-order valence-corrected chi connectivity index (χ0v) is 14.8. The maximum atomic E-state index is 12.1. The topological polar surface area (TPSA) is 81.5 Å². The van der Waals surface area contributed by atoms with Crippen molar-refractivity contribution < 1.29 is 19.4 Å². The highest BCUT2D eigenvalue weighted by Crippen LogP contribution is 2.37. The van der Waals surface area contributed by atoms with E-state index in [0.717, 1.165) is 10.9 Å². The largest absolute Gasteiger partial charge is 0.504 e. The van der Waals surface area contributed by atoms with Crippen LogP contribution in [0.3, 0.4) is 0 Å². The molecule has 0 bridgehead atoms. The standard InChI is InChI=1S/C21H16N2O4/c1-12(24)21-20(9-13-5-3-4-6-15(13)23-21)27-18-7-8-22-16-11-17(25)19(26-2)10-14(16)18/h3-11,25H,1-2H3. The molecule has 4 rings (SSSR count). The summed E-state index contributed by atoms with van der Waals surface area (Å²) in [4.78, 5) is 20.8. The first-order valence-electron chi connectivity index (χ1n) is 8.31. The molecule has 4 aromatic rings. The molecular formula is C21H16N2O4. The third-order valence-corrected chi connectivity index (χ3v) is 4.24. The number of aromatic nitrogens is 2. The summed E-state index contributed by atoms with van der Waals surface area (Å²) >= 11 is 0. The lowest BCUT2D eigenvalue weighted by atomic mass is 10.1. The highest BCUT2D eigenvalue weighted by atomic mass is 16.5. The van der Waals surface area contributed by atoms with Gasteiger partial charge in [-0.15, -0.1) is 0 Å². The number of nitrogens with zero attached hydrogens (tertiary/aromatic N) is 2. The van der Waals surface area contributed by atoms with Crippen molar-refractivity contribution in [2.24, 2.45) is 0 Å². The molecule has 134 valence electrons. The minimum Gasteiger partial charge on any atom is -0.504 e. The van der Waals surface area contributed by atoms with E-state index in [1.807, 2.05) is 24.3 Å². The average molecular weight is 360 g/mol. The fourth-order valence-corrected chi connectivity index (χ4v) is 2.93. The van der Waals surface area contributed by atoms with E-state index < -0.39 is 0 Å². The normalized spacial score (nSPS) is 10.9. The summed E-state index contributed by atoms with van der Waals surface area (Å²) in [6, 6.07) is 14.2. The van der Waals surface area contributed by atoms with Gasteiger partial charge in [0.2, 0.25) is 0 Å². The average Bonchev–Trinajstić information content (AvgIpc) is 2.67. The third kappa shape index (κ3) is 3.01. The predicted molar refractivity (Wildman–Crippen MR) is 102 cm³/mol. The van der Waals surface area contributed by atoms with Crippen LogP contribution in [0.1, 0.15) is 17.4 Å². The lowest BCUT2D eigenvalue weighted by molar-refractivity contribution is 0.101. The van der Waals surface area contributed by atoms with E-state index in [-0.39, 0.29) is 17.2 Å². The molecule has 2 heterocycles. The third-order valence-electron chi connectivity index (χ3n) is 4.24. The summed E-state index contributed by atoms with van der Waals surface area (Å²) in [6.45, 7) is 1.45. The van der Waals surface area contributed by atoms with E-state index in [9.17, 15) is 9.90 Å². The molecule has 0 atom stereocenters. The lowest BCUT2D eigenvalue weighted by Crippen LogP contribution is -2.01. The Hall–Kier alpha value is -3.67. The lowest BCUT2D eigenvalue weighted by Gasteiger charge is -2.13. The summed E-state index contributed by atoms with van der Waals surface area (Å²) in [5, 5.41) is 11.5. The first-order valence-corrected chi connectivity index (χ1v) is 8.31. The molecule has 0 spiro atoms. The Morgan fingerprint density at radius 1 is 1.00 bits per heavy atom. The fraction of sp³-hybridized carbons (Fsp3) is 0.0952. The van der Waals surface area contributed by atoms with E-state index in [2.05, 4.69) is 9.97 Å². The summed E-state index contributed by atoms with van der Waals surface area (Å²) in [5.41, 5.74) is 1.52. The van der Waals surface area contributed by atoms with Crippen molar-refractivity contribution in [1.29, 1.82) is 0 Å². The van der Waals surface area contributed by atoms with E-state index in [1.165, 1.54) is 20.1 Å². The van der Waals surface area contributed by atoms with E-state index in [1.54, 1.807) is 24.4 Å². The second-order valence-electron chi connectivity index (χ2n) is 6.04. The van der Waals surface area contributed by atoms with Crippen molar-refractivity contribution >= 4 is 27.6 Å². The first-order chi connectivity index (χ1) is 13.1. The van der Waals surface area contributed by atoms with Crippen molar-refractivity contribution in [3.63, 3.8) is 0 Å². The van der Waals surface area contributed by atoms with Gasteiger partial charge in [0.25, 0.3) is 0 Å². The number of carbonyl (C=O) groups excluding carboxylic acids is 1. The summed E-state index contributed by atoms with van der Waals surface area (Å²) in [7, 11) is 1.47. The molecule has 2 aromatic carbocycles. The quantitative estimate of drug-likeness (QED) is 0.540. The second kappa shape index (κ2) is 6.57. The summed E-state index contributed by atoms with van der Waals surface area (Å²) in [6.07, 6.45) is 1.57. The number of rotatable bonds is 4. The number of aromatic hydroxyl groups is 1. The first kappa shape index (κ1) is 16.8. The molecule has 2 aromatic heterocycles. The fourth-order valence-electron chi connectivity index (χ4n) is 2.93. The molecule has 0 saturated carbocycles. The molecule has 0 aliphatic carbocycles. The van der Waals surface area contributed by atoms with Crippen LogP contribution >= 0.6 is 0 Å². The molecule has 0 amide bonds. The van der Waals surface area contributed by atoms with Crippen LogP contribution in [0.5, 0.6) is 23.0 Å². The summed E-state index contributed by atoms with van der Waals surface area (Å²) in [5.74, 6) is 0.957. The van der Waals surface area contributed by atoms with Crippen molar-refractivity contribution in [3.8, 4) is 23.0 Å². The number of benzene rings is 2. The number of pyridine rings is 2. The monoisotopic (exact) mass is 360 g/mol. The van der Waals surface area contributed by atoms with Gasteiger partial charge in [0.1, 0.15) is 11.4 Å². The number of hydrogen-bond acceptors (Lipinski definition) is 6. The van der Waals surface area contributed by atoms with Crippen LogP contribution in [-0.2, 0) is 0 Å². The molecule has 6 nitrogen and oxygen atoms in total. The minimum absolute atomic E-state index is 0.00792. The summed E-state index contributed by atoms with van der Waals surface area (Å²) < 4.78 is 11.2. The van der Waals surface area contributed by atoms with Gasteiger partial charge in [-0.2, -0.15) is 0 Å². The number of carbonyl (C=O) groups is 1. The van der Waals surface area contributed by atoms with Gasteiger partial charge < -0.3 is 14.6 Å². The van der Waals surface area contributed by atoms with Gasteiger partial charge in [-0.05, 0) is 24.3 Å². The number of fused-ring (bicyclic) bond motifs is 2. The van der Waals surface area contributed by atoms with Crippen molar-refractivity contribution in [1.82, 2.24) is 9.97 Å². The van der Waals surface area contributed by atoms with E-state index in [4.69, 9.17) is 9.47 Å². The van der Waals surface area contributed by atoms with Crippen LogP contribution in [0, 0.1) is 0 Å². The highest BCUT2D eigenvalue weighted by Gasteiger charge is 2.16. The molecule has 0 fully saturated rings. The highest BCUT2D eigenvalue weighted by molar-refractivity contribution is 5.98. The van der Waals surface area contributed by atoms with Gasteiger partial charge in [0, 0.05) is 30.0 Å². The number of Topliss-reactive ketones (excluding diaryl/α,β-unsaturated/α-hetero) is 1. The molecule has 0 radical (unpaired) electrons. The molecule has 27 heavy (non-hydrogen) atoms. The SMILES string of the molecule is COc1cc2c(Oc3cc4ccccc4nc3C(C)=O)ccnc2cc1O. The number of phenols is 1. The number of ketones is 1. The van der Waals surface area contributed by atoms with Crippen LogP contribution in [0.2, 0.25) is 0 Å². The Labute approximate surface area is 155 Å². The Balaban J connectivity index is 1.89. The molecule has 0 saturated heterocycles. The number of phenolic OH excluding ortho intramolecular Hbond substituents is 1. The predicted octanol–water partition coefficient (Wildman–Crippen LogP) is 4.49. The van der Waals surface area contributed by atoms with Crippen LogP contribution in [0.4, 0.5) is 0 Å². The van der Waals surface area contributed by atoms with Gasteiger partial charge in [-0.1, -0.05) is 18.2 Å². The van der Waals surface area contributed by atoms with Gasteiger partial charge in [0.05, 0.1) is 18.1 Å². The van der Waals surface area contributed by atoms with Gasteiger partial charge >= 0.3 is 0 Å². The van der Waals surface area contributed by atoms with Crippen molar-refractivity contribution in [2.75, 3.05) is 7.11 Å². The Morgan fingerprint density at radius 2 is 1.81 bits per heavy atom. The zero-order valence-electron chi connectivity index (χ0n) is 14.8. The number of para-hydroxylation sites is 1. The van der Waals surface area contributed by atoms with Gasteiger partial charge in [0.15, 0.2) is 23.0 Å². The molecule has 0 aliphatic rings. The van der Waals surface area contributed by atoms with Crippen LogP contribution in [-0.4, -0.2) is 28.0 Å². The van der Waals surface area contributed by atoms with Crippen LogP contribution in [0.25, 0.3) is 21.8 Å². The Bertz CT molecular complexity index is 1190. The zero-order chi connectivity index (χ0) is 19.0. The molecular weight excluding hydrogens is 344 g/mol. The maximum Gasteiger partial charge on any atom is 0.181 e. The molecule has 6 heteroatoms. The van der Waals surface area contributed by atoms with E-state index in [0.29, 0.717) is 28.2 Å². The van der Waals surface area contributed by atoms with Crippen LogP contribution < -0.4 is 9.47 Å². The molecule has 1 N–H and O–H groups in total. The second-order valence-corrected chi connectivity index (χ2v) is 6.04. The minimum atomic E-state index is -0.190. The number of hydrogen-bond donors (Lipinski definition) is 1. The van der Waals surface area contributed by atoms with Crippen molar-refractivity contribution in [2.45, 2.75) is 6.92 Å². The maximum absolute atomic E-state index is 12.1.